The van der Waals surface area contributed by atoms with Crippen LogP contribution in [-0.4, -0.2) is 13.2 Å². The Kier molecular flexibility index (Phi) is 4.33. The number of hydrogen-bond acceptors (Lipinski definition) is 1. The lowest BCUT2D eigenvalue weighted by atomic mass is 10.1. The quantitative estimate of drug-likeness (QED) is 0.698. The van der Waals surface area contributed by atoms with E-state index in [2.05, 4.69) is 0 Å². The van der Waals surface area contributed by atoms with Crippen LogP contribution in [0.4, 0.5) is 4.39 Å². The highest BCUT2D eigenvalue weighted by Crippen LogP contribution is 2.08. The summed E-state index contributed by atoms with van der Waals surface area (Å²) < 4.78 is 17.7. The van der Waals surface area contributed by atoms with E-state index in [-0.39, 0.29) is 11.9 Å². The summed E-state index contributed by atoms with van der Waals surface area (Å²) in [5.74, 6) is -0.206. The summed E-state index contributed by atoms with van der Waals surface area (Å²) in [6.07, 6.45) is 3.16. The van der Waals surface area contributed by atoms with E-state index in [0.717, 1.165) is 18.4 Å². The summed E-state index contributed by atoms with van der Waals surface area (Å²) in [5, 5.41) is 0. The summed E-state index contributed by atoms with van der Waals surface area (Å²) in [7, 11) is 1.62. The maximum Gasteiger partial charge on any atom is 0.123 e. The molecular weight excluding hydrogens is 179 g/mol. The Morgan fingerprint density at radius 2 is 2.07 bits per heavy atom. The topological polar surface area (TPSA) is 9.23 Å². The van der Waals surface area contributed by atoms with Crippen LogP contribution < -0.4 is 0 Å². The molecule has 0 saturated carbocycles. The van der Waals surface area contributed by atoms with Gasteiger partial charge in [0.05, 0.1) is 6.10 Å². The van der Waals surface area contributed by atoms with Crippen molar-refractivity contribution in [3.05, 3.63) is 48.3 Å². The highest BCUT2D eigenvalue weighted by Gasteiger charge is 2.02. The molecule has 0 aliphatic rings. The lowest BCUT2D eigenvalue weighted by Gasteiger charge is -2.09. The van der Waals surface area contributed by atoms with Crippen LogP contribution in [0.2, 0.25) is 0 Å². The molecule has 1 aromatic rings. The van der Waals surface area contributed by atoms with Crippen LogP contribution in [0.25, 0.3) is 0 Å². The predicted octanol–water partition coefficient (Wildman–Crippen LogP) is 2.76. The molecule has 0 fully saturated rings. The molecule has 1 radical (unpaired) electrons. The molecule has 0 aliphatic carbocycles. The van der Waals surface area contributed by atoms with Crippen molar-refractivity contribution in [2.75, 3.05) is 7.11 Å². The van der Waals surface area contributed by atoms with Gasteiger partial charge in [0.25, 0.3) is 0 Å². The zero-order chi connectivity index (χ0) is 10.4. The van der Waals surface area contributed by atoms with Crippen LogP contribution in [0.1, 0.15) is 12.0 Å². The summed E-state index contributed by atoms with van der Waals surface area (Å²) >= 11 is 0. The maximum atomic E-state index is 12.6. The second kappa shape index (κ2) is 5.55. The second-order valence-corrected chi connectivity index (χ2v) is 3.13. The molecule has 0 spiro atoms. The van der Waals surface area contributed by atoms with Crippen molar-refractivity contribution in [2.24, 2.45) is 0 Å². The fraction of sp³-hybridized carbons (Fsp3) is 0.333. The molecule has 1 rings (SSSR count). The van der Waals surface area contributed by atoms with E-state index in [1.54, 1.807) is 19.2 Å². The lowest BCUT2D eigenvalue weighted by Crippen LogP contribution is -2.07. The minimum Gasteiger partial charge on any atom is -0.377 e. The van der Waals surface area contributed by atoms with Gasteiger partial charge < -0.3 is 4.74 Å². The van der Waals surface area contributed by atoms with E-state index < -0.39 is 0 Å². The highest BCUT2D eigenvalue weighted by molar-refractivity contribution is 5.16. The third-order valence-electron chi connectivity index (χ3n) is 2.15. The Balaban J connectivity index is 2.45. The Bertz CT molecular complexity index is 279. The SMILES string of the molecule is [CH]=CC(CCc1ccc(F)cc1)OC. The van der Waals surface area contributed by atoms with Crippen molar-refractivity contribution in [1.82, 2.24) is 0 Å². The molecule has 2 heteroatoms. The molecule has 0 amide bonds. The van der Waals surface area contributed by atoms with Crippen LogP contribution in [0.3, 0.4) is 0 Å². The van der Waals surface area contributed by atoms with E-state index in [0.29, 0.717) is 0 Å². The van der Waals surface area contributed by atoms with Crippen LogP contribution in [0.15, 0.2) is 30.3 Å². The number of hydrogen-bond donors (Lipinski definition) is 0. The van der Waals surface area contributed by atoms with Crippen molar-refractivity contribution >= 4 is 0 Å². The molecule has 1 unspecified atom stereocenters. The van der Waals surface area contributed by atoms with Crippen LogP contribution in [0, 0.1) is 12.4 Å². The zero-order valence-corrected chi connectivity index (χ0v) is 8.24. The highest BCUT2D eigenvalue weighted by atomic mass is 19.1. The van der Waals surface area contributed by atoms with Gasteiger partial charge in [-0.25, -0.2) is 4.39 Å². The minimum absolute atomic E-state index is 0.0277. The fourth-order valence-electron chi connectivity index (χ4n) is 1.25. The van der Waals surface area contributed by atoms with Gasteiger partial charge in [-0.3, -0.25) is 0 Å². The third kappa shape index (κ3) is 3.30. The van der Waals surface area contributed by atoms with Crippen molar-refractivity contribution in [2.45, 2.75) is 18.9 Å². The first kappa shape index (κ1) is 10.9. The molecule has 1 nitrogen and oxygen atoms in total. The summed E-state index contributed by atoms with van der Waals surface area (Å²) in [6, 6.07) is 6.48. The van der Waals surface area contributed by atoms with Gasteiger partial charge in [-0.15, -0.1) is 0 Å². The zero-order valence-electron chi connectivity index (χ0n) is 8.24. The monoisotopic (exact) mass is 193 g/mol. The third-order valence-corrected chi connectivity index (χ3v) is 2.15. The van der Waals surface area contributed by atoms with Crippen molar-refractivity contribution in [1.29, 1.82) is 0 Å². The van der Waals surface area contributed by atoms with Gasteiger partial charge >= 0.3 is 0 Å². The summed E-state index contributed by atoms with van der Waals surface area (Å²) in [4.78, 5) is 0. The molecule has 0 aliphatic heterocycles. The summed E-state index contributed by atoms with van der Waals surface area (Å²) in [6.45, 7) is 5.36. The maximum absolute atomic E-state index is 12.6. The number of ether oxygens (including phenoxy) is 1. The number of benzene rings is 1. The summed E-state index contributed by atoms with van der Waals surface area (Å²) in [5.41, 5.74) is 1.09. The van der Waals surface area contributed by atoms with Crippen molar-refractivity contribution < 1.29 is 9.13 Å². The van der Waals surface area contributed by atoms with Gasteiger partial charge in [0.1, 0.15) is 5.82 Å². The number of halogens is 1. The fourth-order valence-corrected chi connectivity index (χ4v) is 1.25. The van der Waals surface area contributed by atoms with E-state index in [1.165, 1.54) is 18.2 Å². The predicted molar refractivity (Wildman–Crippen MR) is 54.4 cm³/mol. The van der Waals surface area contributed by atoms with E-state index in [1.807, 2.05) is 0 Å². The Labute approximate surface area is 84.2 Å². The van der Waals surface area contributed by atoms with Crippen LogP contribution in [0.5, 0.6) is 0 Å². The molecule has 0 bridgehead atoms. The Morgan fingerprint density at radius 3 is 2.57 bits per heavy atom. The van der Waals surface area contributed by atoms with E-state index in [4.69, 9.17) is 11.3 Å². The standard InChI is InChI=1S/C12H14FO/c1-3-12(14-2)9-6-10-4-7-11(13)8-5-10/h1,3-5,7-8,12H,6,9H2,2H3. The normalized spacial score (nSPS) is 12.4. The molecule has 1 aromatic carbocycles. The smallest absolute Gasteiger partial charge is 0.123 e. The van der Waals surface area contributed by atoms with Gasteiger partial charge in [0.15, 0.2) is 0 Å². The first-order valence-electron chi connectivity index (χ1n) is 4.58. The Hall–Kier alpha value is -1.15. The minimum atomic E-state index is -0.206. The molecule has 75 valence electrons. The molecule has 0 N–H and O–H groups in total. The second-order valence-electron chi connectivity index (χ2n) is 3.13. The van der Waals surface area contributed by atoms with Crippen molar-refractivity contribution in [3.8, 4) is 0 Å². The largest absolute Gasteiger partial charge is 0.377 e. The van der Waals surface area contributed by atoms with Crippen molar-refractivity contribution in [3.63, 3.8) is 0 Å². The lowest BCUT2D eigenvalue weighted by molar-refractivity contribution is 0.134. The van der Waals surface area contributed by atoms with Gasteiger partial charge in [-0.2, -0.15) is 0 Å². The first-order chi connectivity index (χ1) is 6.76. The molecule has 14 heavy (non-hydrogen) atoms. The number of rotatable bonds is 5. The van der Waals surface area contributed by atoms with Crippen LogP contribution in [-0.2, 0) is 11.2 Å². The average Bonchev–Trinajstić information content (AvgIpc) is 2.22. The van der Waals surface area contributed by atoms with Gasteiger partial charge in [0.2, 0.25) is 0 Å². The molecule has 0 aromatic heterocycles. The molecule has 0 saturated heterocycles. The van der Waals surface area contributed by atoms with E-state index >= 15 is 0 Å². The number of aryl methyl sites for hydroxylation is 1. The molecule has 1 atom stereocenters. The van der Waals surface area contributed by atoms with Crippen LogP contribution >= 0.6 is 0 Å². The van der Waals surface area contributed by atoms with E-state index in [9.17, 15) is 4.39 Å². The molecular formula is C12H14FO. The van der Waals surface area contributed by atoms with Gasteiger partial charge in [0, 0.05) is 7.11 Å². The van der Waals surface area contributed by atoms with Gasteiger partial charge in [-0.1, -0.05) is 24.8 Å². The Morgan fingerprint density at radius 1 is 1.43 bits per heavy atom. The first-order valence-corrected chi connectivity index (χ1v) is 4.58. The molecule has 0 heterocycles. The van der Waals surface area contributed by atoms with Gasteiger partial charge in [-0.05, 0) is 30.5 Å². The average molecular weight is 193 g/mol. The number of methoxy groups -OCH3 is 1.